The van der Waals surface area contributed by atoms with E-state index < -0.39 is 0 Å². The highest BCUT2D eigenvalue weighted by molar-refractivity contribution is 7.19. The van der Waals surface area contributed by atoms with Crippen LogP contribution in [0, 0.1) is 6.92 Å². The van der Waals surface area contributed by atoms with Crippen molar-refractivity contribution < 1.29 is 4.74 Å². The summed E-state index contributed by atoms with van der Waals surface area (Å²) >= 11 is 1.74. The second-order valence-electron chi connectivity index (χ2n) is 6.20. The Hall–Kier alpha value is -1.53. The van der Waals surface area contributed by atoms with Crippen LogP contribution in [0.3, 0.4) is 0 Å². The van der Waals surface area contributed by atoms with Crippen molar-refractivity contribution in [2.45, 2.75) is 52.7 Å². The molecule has 0 amide bonds. The van der Waals surface area contributed by atoms with Gasteiger partial charge in [0.2, 0.25) is 0 Å². The Balaban J connectivity index is 2.12. The standard InChI is InChI=1S/C15H18N4OS/c1-5-11-16-14-12(13-18-17-8(2)19(11)13)9-6-15(3,4)20-7-10(9)21-14/h5-7H2,1-4H3. The van der Waals surface area contributed by atoms with E-state index in [0.29, 0.717) is 6.61 Å². The number of aromatic nitrogens is 4. The van der Waals surface area contributed by atoms with Crippen molar-refractivity contribution in [3.8, 4) is 0 Å². The summed E-state index contributed by atoms with van der Waals surface area (Å²) in [6.45, 7) is 9.05. The van der Waals surface area contributed by atoms with E-state index in [1.165, 1.54) is 15.8 Å². The van der Waals surface area contributed by atoms with E-state index in [1.54, 1.807) is 11.3 Å². The van der Waals surface area contributed by atoms with Crippen molar-refractivity contribution in [2.75, 3.05) is 0 Å². The van der Waals surface area contributed by atoms with Crippen LogP contribution < -0.4 is 0 Å². The topological polar surface area (TPSA) is 52.3 Å². The Bertz CT molecular complexity index is 862. The van der Waals surface area contributed by atoms with E-state index in [-0.39, 0.29) is 5.60 Å². The molecule has 0 aromatic carbocycles. The molecule has 110 valence electrons. The lowest BCUT2D eigenvalue weighted by molar-refractivity contribution is -0.0379. The molecule has 0 aliphatic carbocycles. The summed E-state index contributed by atoms with van der Waals surface area (Å²) in [5.74, 6) is 1.93. The van der Waals surface area contributed by atoms with Crippen LogP contribution >= 0.6 is 11.3 Å². The molecule has 21 heavy (non-hydrogen) atoms. The van der Waals surface area contributed by atoms with Gasteiger partial charge < -0.3 is 4.74 Å². The third kappa shape index (κ3) is 1.82. The van der Waals surface area contributed by atoms with Gasteiger partial charge in [-0.15, -0.1) is 21.5 Å². The first-order chi connectivity index (χ1) is 10.00. The first-order valence-corrected chi connectivity index (χ1v) is 8.10. The quantitative estimate of drug-likeness (QED) is 0.693. The zero-order valence-electron chi connectivity index (χ0n) is 12.7. The summed E-state index contributed by atoms with van der Waals surface area (Å²) in [6, 6.07) is 0. The van der Waals surface area contributed by atoms with Gasteiger partial charge in [-0.25, -0.2) is 4.98 Å². The lowest BCUT2D eigenvalue weighted by atomic mass is 9.94. The van der Waals surface area contributed by atoms with Crippen molar-refractivity contribution in [3.05, 3.63) is 22.1 Å². The van der Waals surface area contributed by atoms with Gasteiger partial charge in [0.15, 0.2) is 5.65 Å². The first kappa shape index (κ1) is 13.2. The van der Waals surface area contributed by atoms with Gasteiger partial charge in [0.1, 0.15) is 16.5 Å². The lowest BCUT2D eigenvalue weighted by Crippen LogP contribution is -2.31. The van der Waals surface area contributed by atoms with Crippen LogP contribution in [-0.2, 0) is 24.2 Å². The minimum atomic E-state index is -0.128. The first-order valence-electron chi connectivity index (χ1n) is 7.29. The molecule has 1 aliphatic heterocycles. The minimum Gasteiger partial charge on any atom is -0.370 e. The molecule has 5 nitrogen and oxygen atoms in total. The van der Waals surface area contributed by atoms with Crippen LogP contribution in [0.1, 0.15) is 42.9 Å². The van der Waals surface area contributed by atoms with E-state index in [1.807, 2.05) is 6.92 Å². The molecule has 1 aliphatic rings. The second-order valence-corrected chi connectivity index (χ2v) is 7.28. The molecule has 0 bridgehead atoms. The normalized spacial score (nSPS) is 17.5. The highest BCUT2D eigenvalue weighted by Gasteiger charge is 2.31. The molecule has 0 atom stereocenters. The van der Waals surface area contributed by atoms with Crippen molar-refractivity contribution >= 4 is 27.2 Å². The third-order valence-electron chi connectivity index (χ3n) is 4.12. The smallest absolute Gasteiger partial charge is 0.172 e. The summed E-state index contributed by atoms with van der Waals surface area (Å²) in [4.78, 5) is 7.21. The maximum absolute atomic E-state index is 5.93. The highest BCUT2D eigenvalue weighted by atomic mass is 32.1. The molecular weight excluding hydrogens is 284 g/mol. The summed E-state index contributed by atoms with van der Waals surface area (Å²) < 4.78 is 8.03. The SMILES string of the molecule is CCc1nc2sc3c(c2c2nnc(C)n12)CC(C)(C)OC3. The van der Waals surface area contributed by atoms with Crippen LogP contribution in [0.15, 0.2) is 0 Å². The van der Waals surface area contributed by atoms with E-state index in [0.717, 1.165) is 35.0 Å². The molecule has 4 heterocycles. The zero-order valence-corrected chi connectivity index (χ0v) is 13.5. The monoisotopic (exact) mass is 302 g/mol. The molecule has 3 aromatic rings. The number of aryl methyl sites for hydroxylation is 2. The zero-order chi connectivity index (χ0) is 14.8. The van der Waals surface area contributed by atoms with Crippen LogP contribution in [0.25, 0.3) is 15.9 Å². The summed E-state index contributed by atoms with van der Waals surface area (Å²) in [5, 5.41) is 9.86. The number of rotatable bonds is 1. The second kappa shape index (κ2) is 4.24. The van der Waals surface area contributed by atoms with Crippen molar-refractivity contribution in [1.82, 2.24) is 19.6 Å². The Morgan fingerprint density at radius 3 is 2.90 bits per heavy atom. The maximum atomic E-state index is 5.93. The number of hydrogen-bond acceptors (Lipinski definition) is 5. The van der Waals surface area contributed by atoms with Crippen LogP contribution in [0.4, 0.5) is 0 Å². The fourth-order valence-corrected chi connectivity index (χ4v) is 4.20. The number of hydrogen-bond donors (Lipinski definition) is 0. The Morgan fingerprint density at radius 1 is 1.33 bits per heavy atom. The molecular formula is C15H18N4OS. The average Bonchev–Trinajstić information content (AvgIpc) is 2.97. The van der Waals surface area contributed by atoms with Crippen molar-refractivity contribution in [3.63, 3.8) is 0 Å². The van der Waals surface area contributed by atoms with Crippen molar-refractivity contribution in [2.24, 2.45) is 0 Å². The van der Waals surface area contributed by atoms with E-state index in [2.05, 4.69) is 35.4 Å². The van der Waals surface area contributed by atoms with Crippen molar-refractivity contribution in [1.29, 1.82) is 0 Å². The molecule has 3 aromatic heterocycles. The summed E-state index contributed by atoms with van der Waals surface area (Å²) in [5.41, 5.74) is 2.17. The Morgan fingerprint density at radius 2 is 2.14 bits per heavy atom. The van der Waals surface area contributed by atoms with Gasteiger partial charge in [-0.2, -0.15) is 0 Å². The number of ether oxygens (including phenoxy) is 1. The third-order valence-corrected chi connectivity index (χ3v) is 5.22. The molecule has 0 saturated heterocycles. The summed E-state index contributed by atoms with van der Waals surface area (Å²) in [6.07, 6.45) is 1.77. The van der Waals surface area contributed by atoms with Gasteiger partial charge in [0, 0.05) is 17.7 Å². The van der Waals surface area contributed by atoms with E-state index in [9.17, 15) is 0 Å². The fourth-order valence-electron chi connectivity index (χ4n) is 3.09. The van der Waals surface area contributed by atoms with Gasteiger partial charge in [-0.05, 0) is 26.3 Å². The number of nitrogens with zero attached hydrogens (tertiary/aromatic N) is 4. The van der Waals surface area contributed by atoms with Crippen LogP contribution in [-0.4, -0.2) is 25.2 Å². The maximum Gasteiger partial charge on any atom is 0.172 e. The van der Waals surface area contributed by atoms with Crippen LogP contribution in [0.5, 0.6) is 0 Å². The van der Waals surface area contributed by atoms with Gasteiger partial charge in [-0.3, -0.25) is 4.40 Å². The van der Waals surface area contributed by atoms with E-state index in [4.69, 9.17) is 9.72 Å². The lowest BCUT2D eigenvalue weighted by Gasteiger charge is -2.30. The molecule has 6 heteroatoms. The molecule has 0 spiro atoms. The number of fused-ring (bicyclic) bond motifs is 5. The minimum absolute atomic E-state index is 0.128. The molecule has 0 unspecified atom stereocenters. The molecule has 0 fully saturated rings. The predicted octanol–water partition coefficient (Wildman–Crippen LogP) is 3.06. The molecule has 0 N–H and O–H groups in total. The predicted molar refractivity (Wildman–Crippen MR) is 82.9 cm³/mol. The Labute approximate surface area is 127 Å². The average molecular weight is 302 g/mol. The fraction of sp³-hybridized carbons (Fsp3) is 0.533. The Kier molecular flexibility index (Phi) is 2.65. The van der Waals surface area contributed by atoms with Gasteiger partial charge in [-0.1, -0.05) is 6.92 Å². The van der Waals surface area contributed by atoms with Gasteiger partial charge in [0.25, 0.3) is 0 Å². The molecule has 0 radical (unpaired) electrons. The van der Waals surface area contributed by atoms with Gasteiger partial charge in [0.05, 0.1) is 17.6 Å². The highest BCUT2D eigenvalue weighted by Crippen LogP contribution is 2.39. The molecule has 0 saturated carbocycles. The van der Waals surface area contributed by atoms with Gasteiger partial charge >= 0.3 is 0 Å². The summed E-state index contributed by atoms with van der Waals surface area (Å²) in [7, 11) is 0. The number of thiophene rings is 1. The van der Waals surface area contributed by atoms with Crippen LogP contribution in [0.2, 0.25) is 0 Å². The molecule has 4 rings (SSSR count). The largest absolute Gasteiger partial charge is 0.370 e. The van der Waals surface area contributed by atoms with E-state index >= 15 is 0 Å².